The average Bonchev–Trinajstić information content (AvgIpc) is 2.61. The fourth-order valence-corrected chi connectivity index (χ4v) is 1.33. The minimum atomic E-state index is 0.580. The van der Waals surface area contributed by atoms with Crippen LogP contribution in [-0.4, -0.2) is 13.7 Å². The van der Waals surface area contributed by atoms with Crippen LogP contribution in [0.2, 0.25) is 0 Å². The lowest BCUT2D eigenvalue weighted by molar-refractivity contribution is 0.0962. The van der Waals surface area contributed by atoms with Crippen molar-refractivity contribution in [2.45, 2.75) is 33.4 Å². The lowest BCUT2D eigenvalue weighted by Crippen LogP contribution is -2.07. The standard InChI is InChI=1S/C12H21NO2/c1-10(2)4-6-14-9-12-11(8-13-3)5-7-15-12/h5,7,10,13H,4,6,8-9H2,1-3H3. The van der Waals surface area contributed by atoms with Crippen molar-refractivity contribution < 1.29 is 9.15 Å². The van der Waals surface area contributed by atoms with Gasteiger partial charge < -0.3 is 14.5 Å². The minimum Gasteiger partial charge on any atom is -0.467 e. The van der Waals surface area contributed by atoms with Crippen molar-refractivity contribution in [1.29, 1.82) is 0 Å². The fourth-order valence-electron chi connectivity index (χ4n) is 1.33. The topological polar surface area (TPSA) is 34.4 Å². The van der Waals surface area contributed by atoms with Crippen molar-refractivity contribution in [3.63, 3.8) is 0 Å². The van der Waals surface area contributed by atoms with E-state index in [4.69, 9.17) is 9.15 Å². The highest BCUT2D eigenvalue weighted by Crippen LogP contribution is 2.12. The zero-order chi connectivity index (χ0) is 11.1. The molecule has 1 N–H and O–H groups in total. The molecular weight excluding hydrogens is 190 g/mol. The summed E-state index contributed by atoms with van der Waals surface area (Å²) in [6.07, 6.45) is 2.82. The Labute approximate surface area is 91.8 Å². The maximum Gasteiger partial charge on any atom is 0.133 e. The van der Waals surface area contributed by atoms with Crippen molar-refractivity contribution in [3.8, 4) is 0 Å². The van der Waals surface area contributed by atoms with Gasteiger partial charge in [-0.05, 0) is 25.5 Å². The van der Waals surface area contributed by atoms with E-state index in [1.165, 1.54) is 5.56 Å². The normalized spacial score (nSPS) is 11.2. The molecule has 0 aliphatic carbocycles. The summed E-state index contributed by atoms with van der Waals surface area (Å²) < 4.78 is 10.9. The molecule has 1 heterocycles. The highest BCUT2D eigenvalue weighted by molar-refractivity contribution is 5.15. The van der Waals surface area contributed by atoms with E-state index in [-0.39, 0.29) is 0 Å². The summed E-state index contributed by atoms with van der Waals surface area (Å²) in [7, 11) is 1.93. The minimum absolute atomic E-state index is 0.580. The predicted molar refractivity (Wildman–Crippen MR) is 60.6 cm³/mol. The molecule has 0 aliphatic rings. The van der Waals surface area contributed by atoms with E-state index in [1.807, 2.05) is 13.1 Å². The summed E-state index contributed by atoms with van der Waals surface area (Å²) in [6, 6.07) is 1.98. The molecule has 0 aromatic carbocycles. The first-order chi connectivity index (χ1) is 7.24. The maximum absolute atomic E-state index is 5.55. The molecule has 0 spiro atoms. The first kappa shape index (κ1) is 12.3. The van der Waals surface area contributed by atoms with Gasteiger partial charge in [0.25, 0.3) is 0 Å². The Morgan fingerprint density at radius 2 is 2.27 bits per heavy atom. The Morgan fingerprint density at radius 3 is 2.93 bits per heavy atom. The average molecular weight is 211 g/mol. The summed E-state index contributed by atoms with van der Waals surface area (Å²) in [5.41, 5.74) is 1.18. The monoisotopic (exact) mass is 211 g/mol. The zero-order valence-electron chi connectivity index (χ0n) is 9.88. The van der Waals surface area contributed by atoms with Gasteiger partial charge in [-0.25, -0.2) is 0 Å². The Hall–Kier alpha value is -0.800. The van der Waals surface area contributed by atoms with Gasteiger partial charge in [0.1, 0.15) is 12.4 Å². The fraction of sp³-hybridized carbons (Fsp3) is 0.667. The van der Waals surface area contributed by atoms with Gasteiger partial charge in [-0.1, -0.05) is 13.8 Å². The molecule has 0 unspecified atom stereocenters. The lowest BCUT2D eigenvalue weighted by Gasteiger charge is -2.06. The largest absolute Gasteiger partial charge is 0.467 e. The smallest absolute Gasteiger partial charge is 0.133 e. The van der Waals surface area contributed by atoms with Gasteiger partial charge in [0.15, 0.2) is 0 Å². The first-order valence-corrected chi connectivity index (χ1v) is 5.51. The predicted octanol–water partition coefficient (Wildman–Crippen LogP) is 2.56. The summed E-state index contributed by atoms with van der Waals surface area (Å²) in [5.74, 6) is 1.63. The van der Waals surface area contributed by atoms with E-state index >= 15 is 0 Å². The van der Waals surface area contributed by atoms with Crippen LogP contribution in [0.15, 0.2) is 16.7 Å². The second-order valence-corrected chi connectivity index (χ2v) is 4.13. The highest BCUT2D eigenvalue weighted by Gasteiger charge is 2.05. The molecular formula is C12H21NO2. The molecule has 0 saturated carbocycles. The number of hydrogen-bond donors (Lipinski definition) is 1. The number of furan rings is 1. The molecule has 3 heteroatoms. The molecule has 15 heavy (non-hydrogen) atoms. The molecule has 3 nitrogen and oxygen atoms in total. The van der Waals surface area contributed by atoms with Crippen LogP contribution in [0.3, 0.4) is 0 Å². The lowest BCUT2D eigenvalue weighted by atomic mass is 10.1. The zero-order valence-corrected chi connectivity index (χ0v) is 9.88. The summed E-state index contributed by atoms with van der Waals surface area (Å²) >= 11 is 0. The van der Waals surface area contributed by atoms with Crippen LogP contribution in [0.1, 0.15) is 31.6 Å². The molecule has 0 bridgehead atoms. The molecule has 0 amide bonds. The van der Waals surface area contributed by atoms with Gasteiger partial charge in [0, 0.05) is 18.7 Å². The Kier molecular flexibility index (Phi) is 5.43. The molecule has 0 radical (unpaired) electrons. The first-order valence-electron chi connectivity index (χ1n) is 5.51. The van der Waals surface area contributed by atoms with Gasteiger partial charge in [-0.2, -0.15) is 0 Å². The summed E-state index contributed by atoms with van der Waals surface area (Å²) in [5, 5.41) is 3.10. The SMILES string of the molecule is CNCc1ccoc1COCCC(C)C. The Bertz CT molecular complexity index is 268. The third-order valence-corrected chi connectivity index (χ3v) is 2.28. The van der Waals surface area contributed by atoms with Gasteiger partial charge in [0.2, 0.25) is 0 Å². The van der Waals surface area contributed by atoms with Gasteiger partial charge in [-0.15, -0.1) is 0 Å². The van der Waals surface area contributed by atoms with Gasteiger partial charge >= 0.3 is 0 Å². The van der Waals surface area contributed by atoms with Crippen molar-refractivity contribution >= 4 is 0 Å². The van der Waals surface area contributed by atoms with Crippen LogP contribution in [0, 0.1) is 5.92 Å². The Balaban J connectivity index is 2.27. The number of nitrogens with one attached hydrogen (secondary N) is 1. The third kappa shape index (κ3) is 4.49. The molecule has 0 atom stereocenters. The van der Waals surface area contributed by atoms with Crippen LogP contribution in [0.25, 0.3) is 0 Å². The van der Waals surface area contributed by atoms with E-state index < -0.39 is 0 Å². The number of rotatable bonds is 7. The third-order valence-electron chi connectivity index (χ3n) is 2.28. The molecule has 1 aromatic heterocycles. The van der Waals surface area contributed by atoms with Crippen LogP contribution in [0.4, 0.5) is 0 Å². The van der Waals surface area contributed by atoms with Crippen molar-refractivity contribution in [2.75, 3.05) is 13.7 Å². The van der Waals surface area contributed by atoms with E-state index in [0.29, 0.717) is 12.5 Å². The summed E-state index contributed by atoms with van der Waals surface area (Å²) in [4.78, 5) is 0. The Morgan fingerprint density at radius 1 is 1.47 bits per heavy atom. The van der Waals surface area contributed by atoms with E-state index in [2.05, 4.69) is 19.2 Å². The van der Waals surface area contributed by atoms with Gasteiger partial charge in [-0.3, -0.25) is 0 Å². The van der Waals surface area contributed by atoms with Crippen molar-refractivity contribution in [1.82, 2.24) is 5.32 Å². The van der Waals surface area contributed by atoms with Crippen LogP contribution in [-0.2, 0) is 17.9 Å². The van der Waals surface area contributed by atoms with E-state index in [1.54, 1.807) is 6.26 Å². The second kappa shape index (κ2) is 6.64. The van der Waals surface area contributed by atoms with Crippen molar-refractivity contribution in [2.24, 2.45) is 5.92 Å². The molecule has 1 rings (SSSR count). The molecule has 0 aliphatic heterocycles. The molecule has 1 aromatic rings. The highest BCUT2D eigenvalue weighted by atomic mass is 16.5. The summed E-state index contributed by atoms with van der Waals surface area (Å²) in [6.45, 7) is 6.61. The molecule has 86 valence electrons. The van der Waals surface area contributed by atoms with Crippen LogP contribution in [0.5, 0.6) is 0 Å². The maximum atomic E-state index is 5.55. The molecule has 0 fully saturated rings. The van der Waals surface area contributed by atoms with Crippen LogP contribution >= 0.6 is 0 Å². The van der Waals surface area contributed by atoms with Crippen LogP contribution < -0.4 is 5.32 Å². The van der Waals surface area contributed by atoms with Crippen molar-refractivity contribution in [3.05, 3.63) is 23.7 Å². The quantitative estimate of drug-likeness (QED) is 0.704. The second-order valence-electron chi connectivity index (χ2n) is 4.13. The van der Waals surface area contributed by atoms with Gasteiger partial charge in [0.05, 0.1) is 6.26 Å². The number of ether oxygens (including phenoxy) is 1. The van der Waals surface area contributed by atoms with E-state index in [9.17, 15) is 0 Å². The van der Waals surface area contributed by atoms with E-state index in [0.717, 1.165) is 25.3 Å². The molecule has 0 saturated heterocycles. The number of hydrogen-bond acceptors (Lipinski definition) is 3.